The first-order valence-corrected chi connectivity index (χ1v) is 5.56. The Hall–Kier alpha value is -1.62. The second kappa shape index (κ2) is 6.85. The third kappa shape index (κ3) is 4.03. The van der Waals surface area contributed by atoms with Gasteiger partial charge < -0.3 is 15.8 Å². The average molecular weight is 240 g/mol. The highest BCUT2D eigenvalue weighted by Gasteiger charge is 2.09. The normalized spacial score (nSPS) is 10.1. The van der Waals surface area contributed by atoms with Crippen molar-refractivity contribution in [3.63, 3.8) is 0 Å². The fourth-order valence-electron chi connectivity index (χ4n) is 1.41. The van der Waals surface area contributed by atoms with Crippen LogP contribution in [0.3, 0.4) is 0 Å². The molecule has 0 radical (unpaired) electrons. The molecule has 1 amide bonds. The van der Waals surface area contributed by atoms with Crippen LogP contribution in [0.2, 0.25) is 0 Å². The number of para-hydroxylation sites is 1. The number of rotatable bonds is 6. The number of carbonyl (C=O) groups excluding carboxylic acids is 1. The Bertz CT molecular complexity index is 383. The molecule has 0 saturated heterocycles. The van der Waals surface area contributed by atoms with E-state index in [9.17, 15) is 9.18 Å². The van der Waals surface area contributed by atoms with E-state index in [1.165, 1.54) is 6.07 Å². The number of benzene rings is 1. The number of ether oxygens (including phenoxy) is 1. The molecular weight excluding hydrogens is 223 g/mol. The molecule has 1 aromatic carbocycles. The SMILES string of the molecule is CCNC(=O)CCOc1c(F)cccc1CN. The van der Waals surface area contributed by atoms with Crippen LogP contribution in [0.4, 0.5) is 4.39 Å². The maximum atomic E-state index is 13.4. The van der Waals surface area contributed by atoms with E-state index in [2.05, 4.69) is 5.32 Å². The molecule has 17 heavy (non-hydrogen) atoms. The summed E-state index contributed by atoms with van der Waals surface area (Å²) >= 11 is 0. The number of hydrogen-bond donors (Lipinski definition) is 2. The van der Waals surface area contributed by atoms with Gasteiger partial charge in [0.15, 0.2) is 11.6 Å². The smallest absolute Gasteiger partial charge is 0.223 e. The van der Waals surface area contributed by atoms with Crippen molar-refractivity contribution in [2.45, 2.75) is 19.9 Å². The lowest BCUT2D eigenvalue weighted by atomic mass is 10.2. The van der Waals surface area contributed by atoms with E-state index in [1.54, 1.807) is 12.1 Å². The molecule has 0 aliphatic heterocycles. The van der Waals surface area contributed by atoms with Crippen LogP contribution in [-0.2, 0) is 11.3 Å². The van der Waals surface area contributed by atoms with Crippen molar-refractivity contribution in [3.05, 3.63) is 29.6 Å². The summed E-state index contributed by atoms with van der Waals surface area (Å²) < 4.78 is 18.7. The average Bonchev–Trinajstić information content (AvgIpc) is 2.31. The first-order valence-electron chi connectivity index (χ1n) is 5.56. The molecule has 94 valence electrons. The molecule has 3 N–H and O–H groups in total. The van der Waals surface area contributed by atoms with Crippen molar-refractivity contribution in [2.24, 2.45) is 5.73 Å². The molecule has 0 aliphatic carbocycles. The van der Waals surface area contributed by atoms with Crippen molar-refractivity contribution in [1.29, 1.82) is 0 Å². The minimum absolute atomic E-state index is 0.113. The molecule has 0 bridgehead atoms. The first kappa shape index (κ1) is 13.4. The van der Waals surface area contributed by atoms with Crippen molar-refractivity contribution >= 4 is 5.91 Å². The summed E-state index contributed by atoms with van der Waals surface area (Å²) in [4.78, 5) is 11.2. The van der Waals surface area contributed by atoms with Crippen molar-refractivity contribution in [3.8, 4) is 5.75 Å². The van der Waals surface area contributed by atoms with Gasteiger partial charge in [0, 0.05) is 18.7 Å². The third-order valence-electron chi connectivity index (χ3n) is 2.22. The molecule has 0 fully saturated rings. The van der Waals surface area contributed by atoms with E-state index < -0.39 is 5.82 Å². The van der Waals surface area contributed by atoms with Gasteiger partial charge >= 0.3 is 0 Å². The van der Waals surface area contributed by atoms with Crippen molar-refractivity contribution < 1.29 is 13.9 Å². The molecule has 0 atom stereocenters. The van der Waals surface area contributed by atoms with Gasteiger partial charge in [-0.25, -0.2) is 4.39 Å². The van der Waals surface area contributed by atoms with Gasteiger partial charge in [-0.15, -0.1) is 0 Å². The van der Waals surface area contributed by atoms with E-state index >= 15 is 0 Å². The van der Waals surface area contributed by atoms with E-state index in [1.807, 2.05) is 6.92 Å². The molecule has 1 rings (SSSR count). The summed E-state index contributed by atoms with van der Waals surface area (Å²) in [7, 11) is 0. The van der Waals surface area contributed by atoms with E-state index in [0.29, 0.717) is 12.1 Å². The zero-order valence-electron chi connectivity index (χ0n) is 9.83. The Morgan fingerprint density at radius 2 is 2.29 bits per heavy atom. The molecule has 0 saturated carbocycles. The highest BCUT2D eigenvalue weighted by atomic mass is 19.1. The Morgan fingerprint density at radius 3 is 2.94 bits per heavy atom. The topological polar surface area (TPSA) is 64.3 Å². The predicted molar refractivity (Wildman–Crippen MR) is 63.1 cm³/mol. The minimum Gasteiger partial charge on any atom is -0.490 e. The number of carbonyl (C=O) groups is 1. The number of halogens is 1. The second-order valence-electron chi connectivity index (χ2n) is 3.48. The maximum absolute atomic E-state index is 13.4. The van der Waals surface area contributed by atoms with Gasteiger partial charge in [0.1, 0.15) is 0 Å². The lowest BCUT2D eigenvalue weighted by Crippen LogP contribution is -2.24. The minimum atomic E-state index is -0.455. The highest BCUT2D eigenvalue weighted by molar-refractivity contribution is 5.75. The first-order chi connectivity index (χ1) is 8.19. The summed E-state index contributed by atoms with van der Waals surface area (Å²) in [6, 6.07) is 4.58. The Kier molecular flexibility index (Phi) is 5.42. The number of nitrogens with one attached hydrogen (secondary N) is 1. The molecule has 0 heterocycles. The van der Waals surface area contributed by atoms with Crippen LogP contribution in [0.5, 0.6) is 5.75 Å². The largest absolute Gasteiger partial charge is 0.490 e. The molecule has 0 aromatic heterocycles. The van der Waals surface area contributed by atoms with Crippen LogP contribution in [0.15, 0.2) is 18.2 Å². The fraction of sp³-hybridized carbons (Fsp3) is 0.417. The lowest BCUT2D eigenvalue weighted by Gasteiger charge is -2.10. The monoisotopic (exact) mass is 240 g/mol. The molecule has 0 spiro atoms. The summed E-state index contributed by atoms with van der Waals surface area (Å²) in [5.41, 5.74) is 6.07. The van der Waals surface area contributed by atoms with E-state index in [-0.39, 0.29) is 31.2 Å². The second-order valence-corrected chi connectivity index (χ2v) is 3.48. The number of nitrogens with two attached hydrogens (primary N) is 1. The van der Waals surface area contributed by atoms with Crippen LogP contribution in [0.1, 0.15) is 18.9 Å². The number of hydrogen-bond acceptors (Lipinski definition) is 3. The van der Waals surface area contributed by atoms with Crippen LogP contribution in [0, 0.1) is 5.82 Å². The fourth-order valence-corrected chi connectivity index (χ4v) is 1.41. The Labute approximate surface area is 100.0 Å². The lowest BCUT2D eigenvalue weighted by molar-refractivity contribution is -0.121. The van der Waals surface area contributed by atoms with Crippen LogP contribution in [-0.4, -0.2) is 19.1 Å². The maximum Gasteiger partial charge on any atom is 0.223 e. The number of amides is 1. The van der Waals surface area contributed by atoms with Crippen LogP contribution >= 0.6 is 0 Å². The Balaban J connectivity index is 2.54. The predicted octanol–water partition coefficient (Wildman–Crippen LogP) is 1.19. The van der Waals surface area contributed by atoms with Crippen LogP contribution < -0.4 is 15.8 Å². The van der Waals surface area contributed by atoms with Gasteiger partial charge in [0.2, 0.25) is 5.91 Å². The summed E-state index contributed by atoms with van der Waals surface area (Å²) in [6.45, 7) is 2.75. The van der Waals surface area contributed by atoms with Gasteiger partial charge in [0.25, 0.3) is 0 Å². The summed E-state index contributed by atoms with van der Waals surface area (Å²) in [6.07, 6.45) is 0.201. The van der Waals surface area contributed by atoms with Gasteiger partial charge in [0.05, 0.1) is 13.0 Å². The molecule has 4 nitrogen and oxygen atoms in total. The van der Waals surface area contributed by atoms with Gasteiger partial charge in [-0.2, -0.15) is 0 Å². The molecule has 0 unspecified atom stereocenters. The Morgan fingerprint density at radius 1 is 1.53 bits per heavy atom. The van der Waals surface area contributed by atoms with Gasteiger partial charge in [-0.05, 0) is 13.0 Å². The zero-order valence-corrected chi connectivity index (χ0v) is 9.83. The van der Waals surface area contributed by atoms with Crippen LogP contribution in [0.25, 0.3) is 0 Å². The van der Waals surface area contributed by atoms with Gasteiger partial charge in [-0.3, -0.25) is 4.79 Å². The highest BCUT2D eigenvalue weighted by Crippen LogP contribution is 2.22. The molecule has 0 aliphatic rings. The summed E-state index contributed by atoms with van der Waals surface area (Å²) in [5, 5.41) is 2.64. The zero-order chi connectivity index (χ0) is 12.7. The van der Waals surface area contributed by atoms with Gasteiger partial charge in [-0.1, -0.05) is 12.1 Å². The third-order valence-corrected chi connectivity index (χ3v) is 2.22. The van der Waals surface area contributed by atoms with Crippen molar-refractivity contribution in [1.82, 2.24) is 5.32 Å². The quantitative estimate of drug-likeness (QED) is 0.785. The van der Waals surface area contributed by atoms with Crippen molar-refractivity contribution in [2.75, 3.05) is 13.2 Å². The standard InChI is InChI=1S/C12H17FN2O2/c1-2-15-11(16)6-7-17-12-9(8-14)4-3-5-10(12)13/h3-5H,2,6-8,14H2,1H3,(H,15,16). The summed E-state index contributed by atoms with van der Waals surface area (Å²) in [5.74, 6) is -0.429. The molecule has 5 heteroatoms. The van der Waals surface area contributed by atoms with E-state index in [0.717, 1.165) is 0 Å². The molecular formula is C12H17FN2O2. The molecule has 1 aromatic rings. The van der Waals surface area contributed by atoms with E-state index in [4.69, 9.17) is 10.5 Å².